The van der Waals surface area contributed by atoms with E-state index < -0.39 is 0 Å². The zero-order chi connectivity index (χ0) is 16.4. The number of rotatable bonds is 5. The Hall–Kier alpha value is -1.36. The second-order valence-corrected chi connectivity index (χ2v) is 7.55. The summed E-state index contributed by atoms with van der Waals surface area (Å²) < 4.78 is 1.94. The monoisotopic (exact) mass is 318 g/mol. The molecule has 1 unspecified atom stereocenters. The summed E-state index contributed by atoms with van der Waals surface area (Å²) in [4.78, 5) is 21.7. The van der Waals surface area contributed by atoms with Crippen LogP contribution in [0.25, 0.3) is 0 Å². The van der Waals surface area contributed by atoms with Crippen LogP contribution in [0.15, 0.2) is 12.4 Å². The minimum absolute atomic E-state index is 0.227. The van der Waals surface area contributed by atoms with E-state index in [1.54, 1.807) is 6.20 Å². The van der Waals surface area contributed by atoms with E-state index in [0.717, 1.165) is 37.8 Å². The fourth-order valence-electron chi connectivity index (χ4n) is 3.60. The molecule has 0 aromatic carbocycles. The highest BCUT2D eigenvalue weighted by atomic mass is 16.2. The van der Waals surface area contributed by atoms with Gasteiger partial charge in [-0.2, -0.15) is 0 Å². The first-order valence-electron chi connectivity index (χ1n) is 9.04. The van der Waals surface area contributed by atoms with E-state index in [1.165, 1.54) is 19.4 Å². The minimum atomic E-state index is 0.227. The molecule has 1 saturated heterocycles. The predicted molar refractivity (Wildman–Crippen MR) is 91.1 cm³/mol. The van der Waals surface area contributed by atoms with Crippen molar-refractivity contribution in [2.24, 2.45) is 11.8 Å². The molecular formula is C18H30N4O. The highest BCUT2D eigenvalue weighted by Gasteiger charge is 2.33. The van der Waals surface area contributed by atoms with Crippen LogP contribution in [0, 0.1) is 18.8 Å². The minimum Gasteiger partial charge on any atom is -0.340 e. The first-order chi connectivity index (χ1) is 11.0. The number of aryl methyl sites for hydroxylation is 1. The van der Waals surface area contributed by atoms with Crippen LogP contribution in [-0.4, -0.2) is 57.5 Å². The van der Waals surface area contributed by atoms with Gasteiger partial charge in [-0.3, -0.25) is 9.69 Å². The van der Waals surface area contributed by atoms with Gasteiger partial charge in [-0.15, -0.1) is 0 Å². The molecule has 0 spiro atoms. The van der Waals surface area contributed by atoms with Crippen molar-refractivity contribution < 1.29 is 4.79 Å². The Morgan fingerprint density at radius 3 is 2.74 bits per heavy atom. The van der Waals surface area contributed by atoms with E-state index >= 15 is 0 Å². The maximum absolute atomic E-state index is 12.7. The largest absolute Gasteiger partial charge is 0.340 e. The van der Waals surface area contributed by atoms with Crippen LogP contribution in [-0.2, 0) is 11.3 Å². The highest BCUT2D eigenvalue weighted by Crippen LogP contribution is 2.31. The third-order valence-corrected chi connectivity index (χ3v) is 5.29. The number of hydrogen-bond donors (Lipinski definition) is 0. The molecule has 3 rings (SSSR count). The Labute approximate surface area is 139 Å². The molecule has 23 heavy (non-hydrogen) atoms. The van der Waals surface area contributed by atoms with Crippen LogP contribution in [0.1, 0.15) is 38.9 Å². The number of aromatic nitrogens is 2. The fourth-order valence-corrected chi connectivity index (χ4v) is 3.60. The number of hydrogen-bond acceptors (Lipinski definition) is 3. The maximum atomic E-state index is 12.7. The number of nitrogens with zero attached hydrogens (tertiary/aromatic N) is 4. The molecule has 5 heteroatoms. The summed E-state index contributed by atoms with van der Waals surface area (Å²) in [7, 11) is 0. The lowest BCUT2D eigenvalue weighted by atomic mass is 10.0. The van der Waals surface area contributed by atoms with Crippen LogP contribution in [0.2, 0.25) is 0 Å². The van der Waals surface area contributed by atoms with Crippen molar-refractivity contribution in [2.75, 3.05) is 26.2 Å². The summed E-state index contributed by atoms with van der Waals surface area (Å²) in [6.45, 7) is 11.1. The van der Waals surface area contributed by atoms with Crippen molar-refractivity contribution in [3.05, 3.63) is 18.2 Å². The lowest BCUT2D eigenvalue weighted by Gasteiger charge is -2.34. The smallest absolute Gasteiger partial charge is 0.242 e. The van der Waals surface area contributed by atoms with Crippen LogP contribution in [0.5, 0.6) is 0 Å². The molecule has 0 N–H and O–H groups in total. The van der Waals surface area contributed by atoms with Crippen molar-refractivity contribution in [2.45, 2.75) is 52.6 Å². The van der Waals surface area contributed by atoms with Gasteiger partial charge in [0.2, 0.25) is 5.91 Å². The van der Waals surface area contributed by atoms with Crippen LogP contribution < -0.4 is 0 Å². The van der Waals surface area contributed by atoms with E-state index in [-0.39, 0.29) is 5.91 Å². The van der Waals surface area contributed by atoms with Crippen LogP contribution in [0.4, 0.5) is 0 Å². The number of carbonyl (C=O) groups is 1. The first kappa shape index (κ1) is 16.5. The summed E-state index contributed by atoms with van der Waals surface area (Å²) >= 11 is 0. The van der Waals surface area contributed by atoms with E-state index in [0.29, 0.717) is 18.5 Å². The lowest BCUT2D eigenvalue weighted by molar-refractivity contribution is -0.132. The molecule has 1 atom stereocenters. The highest BCUT2D eigenvalue weighted by molar-refractivity contribution is 5.76. The molecule has 1 aliphatic carbocycles. The van der Waals surface area contributed by atoms with Gasteiger partial charge in [-0.1, -0.05) is 13.8 Å². The number of imidazole rings is 1. The summed E-state index contributed by atoms with van der Waals surface area (Å²) in [6, 6.07) is 0.492. The molecular weight excluding hydrogens is 288 g/mol. The van der Waals surface area contributed by atoms with Crippen LogP contribution >= 0.6 is 0 Å². The Morgan fingerprint density at radius 2 is 2.13 bits per heavy atom. The molecule has 1 amide bonds. The normalized spacial score (nSPS) is 23.3. The third kappa shape index (κ3) is 4.14. The van der Waals surface area contributed by atoms with Crippen molar-refractivity contribution in [3.63, 3.8) is 0 Å². The van der Waals surface area contributed by atoms with Crippen LogP contribution in [0.3, 0.4) is 0 Å². The lowest BCUT2D eigenvalue weighted by Crippen LogP contribution is -2.47. The topological polar surface area (TPSA) is 41.4 Å². The average molecular weight is 318 g/mol. The van der Waals surface area contributed by atoms with Gasteiger partial charge in [0.25, 0.3) is 0 Å². The number of amides is 1. The zero-order valence-corrected chi connectivity index (χ0v) is 14.7. The van der Waals surface area contributed by atoms with E-state index in [4.69, 9.17) is 0 Å². The van der Waals surface area contributed by atoms with E-state index in [1.807, 2.05) is 17.7 Å². The molecule has 1 aromatic rings. The zero-order valence-electron chi connectivity index (χ0n) is 14.7. The molecule has 0 bridgehead atoms. The third-order valence-electron chi connectivity index (χ3n) is 5.29. The quantitative estimate of drug-likeness (QED) is 0.835. The first-order valence-corrected chi connectivity index (χ1v) is 9.04. The van der Waals surface area contributed by atoms with Crippen molar-refractivity contribution in [1.82, 2.24) is 19.4 Å². The maximum Gasteiger partial charge on any atom is 0.242 e. The molecule has 5 nitrogen and oxygen atoms in total. The van der Waals surface area contributed by atoms with Gasteiger partial charge >= 0.3 is 0 Å². The van der Waals surface area contributed by atoms with Gasteiger partial charge in [0.15, 0.2) is 0 Å². The molecule has 128 valence electrons. The molecule has 2 heterocycles. The molecule has 1 aromatic heterocycles. The Balaban J connectivity index is 1.65. The number of carbonyl (C=O) groups excluding carboxylic acids is 1. The SMILES string of the molecule is Cc1nccn1CC(=O)N1CCCN(CC2CC2)C(C(C)C)C1. The molecule has 1 aliphatic heterocycles. The molecule has 1 saturated carbocycles. The molecule has 0 radical (unpaired) electrons. The van der Waals surface area contributed by atoms with Crippen molar-refractivity contribution in [3.8, 4) is 0 Å². The Kier molecular flexibility index (Phi) is 5.05. The van der Waals surface area contributed by atoms with Gasteiger partial charge in [-0.05, 0) is 38.0 Å². The second kappa shape index (κ2) is 7.04. The Morgan fingerprint density at radius 1 is 1.35 bits per heavy atom. The fraction of sp³-hybridized carbons (Fsp3) is 0.778. The van der Waals surface area contributed by atoms with Crippen molar-refractivity contribution in [1.29, 1.82) is 0 Å². The average Bonchev–Trinajstić information content (AvgIpc) is 3.27. The van der Waals surface area contributed by atoms with Gasteiger partial charge in [0.05, 0.1) is 0 Å². The molecule has 2 aliphatic rings. The van der Waals surface area contributed by atoms with Gasteiger partial charge in [0, 0.05) is 44.6 Å². The molecule has 2 fully saturated rings. The summed E-state index contributed by atoms with van der Waals surface area (Å²) in [5, 5.41) is 0. The van der Waals surface area contributed by atoms with E-state index in [2.05, 4.69) is 28.6 Å². The summed E-state index contributed by atoms with van der Waals surface area (Å²) in [5.41, 5.74) is 0. The summed E-state index contributed by atoms with van der Waals surface area (Å²) in [6.07, 6.45) is 7.53. The predicted octanol–water partition coefficient (Wildman–Crippen LogP) is 2.16. The van der Waals surface area contributed by atoms with Gasteiger partial charge in [-0.25, -0.2) is 4.98 Å². The standard InChI is InChI=1S/C18H30N4O/c1-14(2)17-12-22(9-4-8-21(17)11-16-5-6-16)18(23)13-20-10-7-19-15(20)3/h7,10,14,16-17H,4-6,8-9,11-13H2,1-3H3. The summed E-state index contributed by atoms with van der Waals surface area (Å²) in [5.74, 6) is 2.62. The Bertz CT molecular complexity index is 535. The second-order valence-electron chi connectivity index (χ2n) is 7.55. The van der Waals surface area contributed by atoms with Gasteiger partial charge < -0.3 is 9.47 Å². The van der Waals surface area contributed by atoms with Gasteiger partial charge in [0.1, 0.15) is 12.4 Å². The van der Waals surface area contributed by atoms with E-state index in [9.17, 15) is 4.79 Å². The van der Waals surface area contributed by atoms with Crippen molar-refractivity contribution >= 4 is 5.91 Å².